The van der Waals surface area contributed by atoms with Crippen LogP contribution >= 0.6 is 11.3 Å². The Labute approximate surface area is 115 Å². The topological polar surface area (TPSA) is 82.5 Å². The van der Waals surface area contributed by atoms with Crippen molar-refractivity contribution in [3.63, 3.8) is 0 Å². The summed E-state index contributed by atoms with van der Waals surface area (Å²) in [5, 5.41) is 12.8. The van der Waals surface area contributed by atoms with Gasteiger partial charge in [0.1, 0.15) is 4.88 Å². The van der Waals surface area contributed by atoms with E-state index in [-0.39, 0.29) is 22.4 Å². The highest BCUT2D eigenvalue weighted by molar-refractivity contribution is 7.17. The third-order valence-corrected chi connectivity index (χ3v) is 4.19. The summed E-state index contributed by atoms with van der Waals surface area (Å²) in [7, 11) is 2.05. The van der Waals surface area contributed by atoms with E-state index in [1.807, 2.05) is 0 Å². The third kappa shape index (κ3) is 3.30. The normalized spacial score (nSPS) is 20.2. The fourth-order valence-electron chi connectivity index (χ4n) is 2.22. The van der Waals surface area contributed by atoms with Crippen LogP contribution in [0.4, 0.5) is 5.13 Å². The van der Waals surface area contributed by atoms with Crippen molar-refractivity contribution >= 4 is 28.2 Å². The van der Waals surface area contributed by atoms with Gasteiger partial charge in [0.2, 0.25) is 0 Å². The van der Waals surface area contributed by atoms with Gasteiger partial charge in [0.15, 0.2) is 16.6 Å². The van der Waals surface area contributed by atoms with Crippen LogP contribution in [0, 0.1) is 0 Å². The summed E-state index contributed by atoms with van der Waals surface area (Å²) < 4.78 is 0. The fraction of sp³-hybridized carbons (Fsp3) is 0.583. The van der Waals surface area contributed by atoms with Crippen LogP contribution in [-0.4, -0.2) is 52.9 Å². The molecule has 1 aliphatic rings. The second-order valence-electron chi connectivity index (χ2n) is 4.80. The van der Waals surface area contributed by atoms with Gasteiger partial charge in [-0.2, -0.15) is 0 Å². The molecule has 1 fully saturated rings. The number of thiazole rings is 1. The van der Waals surface area contributed by atoms with Crippen LogP contribution in [0.2, 0.25) is 0 Å². The van der Waals surface area contributed by atoms with Gasteiger partial charge >= 0.3 is 5.97 Å². The summed E-state index contributed by atoms with van der Waals surface area (Å²) in [4.78, 5) is 28.9. The number of rotatable bonds is 4. The van der Waals surface area contributed by atoms with Gasteiger partial charge in [0, 0.05) is 19.5 Å². The first-order valence-corrected chi connectivity index (χ1v) is 6.99. The number of nitrogens with zero attached hydrogens (tertiary/aromatic N) is 2. The number of likely N-dealkylation sites (tertiary alicyclic amines) is 1. The van der Waals surface area contributed by atoms with Crippen LogP contribution in [0.5, 0.6) is 0 Å². The lowest BCUT2D eigenvalue weighted by Crippen LogP contribution is -2.39. The van der Waals surface area contributed by atoms with Gasteiger partial charge < -0.3 is 15.3 Å². The number of hydrogen-bond acceptors (Lipinski definition) is 6. The minimum atomic E-state index is -1.16. The smallest absolute Gasteiger partial charge is 0.356 e. The van der Waals surface area contributed by atoms with Gasteiger partial charge in [-0.05, 0) is 26.4 Å². The maximum atomic E-state index is 11.4. The van der Waals surface area contributed by atoms with Crippen LogP contribution in [0.15, 0.2) is 0 Å². The van der Waals surface area contributed by atoms with E-state index in [1.54, 1.807) is 0 Å². The molecule has 1 atom stereocenters. The van der Waals surface area contributed by atoms with Crippen molar-refractivity contribution in [3.8, 4) is 0 Å². The maximum Gasteiger partial charge on any atom is 0.356 e. The lowest BCUT2D eigenvalue weighted by molar-refractivity contribution is 0.0687. The predicted molar refractivity (Wildman–Crippen MR) is 73.2 cm³/mol. The van der Waals surface area contributed by atoms with Crippen molar-refractivity contribution < 1.29 is 14.7 Å². The van der Waals surface area contributed by atoms with Crippen molar-refractivity contribution in [1.82, 2.24) is 9.88 Å². The number of likely N-dealkylation sites (N-methyl/N-ethyl adjacent to an activating group) is 1. The molecular weight excluding hydrogens is 266 g/mol. The molecule has 0 radical (unpaired) electrons. The fourth-order valence-corrected chi connectivity index (χ4v) is 3.15. The monoisotopic (exact) mass is 283 g/mol. The zero-order chi connectivity index (χ0) is 14.0. The average Bonchev–Trinajstić information content (AvgIpc) is 2.73. The summed E-state index contributed by atoms with van der Waals surface area (Å²) in [6, 6.07) is 0.256. The molecule has 0 bridgehead atoms. The number of carbonyl (C=O) groups is 2. The highest BCUT2D eigenvalue weighted by atomic mass is 32.1. The quantitative estimate of drug-likeness (QED) is 0.816. The van der Waals surface area contributed by atoms with E-state index in [0.29, 0.717) is 5.13 Å². The van der Waals surface area contributed by atoms with Gasteiger partial charge in [0.25, 0.3) is 0 Å². The number of anilines is 1. The molecule has 1 saturated heterocycles. The zero-order valence-corrected chi connectivity index (χ0v) is 11.8. The largest absolute Gasteiger partial charge is 0.476 e. The Balaban J connectivity index is 2.14. The highest BCUT2D eigenvalue weighted by Crippen LogP contribution is 2.25. The molecule has 104 valence electrons. The number of carbonyl (C=O) groups excluding carboxylic acids is 1. The Bertz CT molecular complexity index is 469. The summed E-state index contributed by atoms with van der Waals surface area (Å²) in [6.45, 7) is 3.34. The molecule has 0 spiro atoms. The van der Waals surface area contributed by atoms with Crippen molar-refractivity contribution in [2.45, 2.75) is 25.8 Å². The molecule has 0 aromatic carbocycles. The van der Waals surface area contributed by atoms with Crippen LogP contribution < -0.4 is 5.32 Å². The number of aromatic nitrogens is 1. The average molecular weight is 283 g/mol. The molecule has 1 aliphatic heterocycles. The molecule has 0 saturated carbocycles. The molecule has 0 aliphatic carbocycles. The van der Waals surface area contributed by atoms with E-state index in [2.05, 4.69) is 22.2 Å². The second kappa shape index (κ2) is 5.66. The van der Waals surface area contributed by atoms with Crippen molar-refractivity contribution in [3.05, 3.63) is 10.6 Å². The van der Waals surface area contributed by atoms with Crippen LogP contribution in [-0.2, 0) is 0 Å². The molecule has 0 amide bonds. The first kappa shape index (κ1) is 14.0. The summed E-state index contributed by atoms with van der Waals surface area (Å²) in [5.41, 5.74) is -0.149. The Morgan fingerprint density at radius 2 is 2.26 bits per heavy atom. The lowest BCUT2D eigenvalue weighted by Gasteiger charge is -2.29. The number of hydrogen-bond donors (Lipinski definition) is 2. The predicted octanol–water partition coefficient (Wildman–Crippen LogP) is 1.55. The van der Waals surface area contributed by atoms with E-state index in [0.717, 1.165) is 37.3 Å². The number of piperidine rings is 1. The van der Waals surface area contributed by atoms with E-state index in [9.17, 15) is 9.59 Å². The first-order valence-electron chi connectivity index (χ1n) is 6.17. The van der Waals surface area contributed by atoms with Gasteiger partial charge in [-0.3, -0.25) is 4.79 Å². The van der Waals surface area contributed by atoms with Crippen LogP contribution in [0.25, 0.3) is 0 Å². The molecular formula is C12H17N3O3S. The molecule has 1 aromatic heterocycles. The molecule has 1 unspecified atom stereocenters. The number of carboxylic acids is 1. The number of Topliss-reactive ketones (excluding diaryl/α,β-unsaturated/α-hetero) is 1. The first-order chi connectivity index (χ1) is 8.97. The van der Waals surface area contributed by atoms with Gasteiger partial charge in [0.05, 0.1) is 0 Å². The van der Waals surface area contributed by atoms with Crippen molar-refractivity contribution in [2.24, 2.45) is 0 Å². The Kier molecular flexibility index (Phi) is 4.16. The van der Waals surface area contributed by atoms with Crippen molar-refractivity contribution in [2.75, 3.05) is 25.5 Å². The van der Waals surface area contributed by atoms with Gasteiger partial charge in [-0.1, -0.05) is 11.3 Å². The van der Waals surface area contributed by atoms with E-state index >= 15 is 0 Å². The minimum Gasteiger partial charge on any atom is -0.476 e. The summed E-state index contributed by atoms with van der Waals surface area (Å²) in [5.74, 6) is -1.42. The van der Waals surface area contributed by atoms with Crippen LogP contribution in [0.3, 0.4) is 0 Å². The molecule has 2 N–H and O–H groups in total. The second-order valence-corrected chi connectivity index (χ2v) is 5.80. The number of aromatic carboxylic acids is 1. The summed E-state index contributed by atoms with van der Waals surface area (Å²) >= 11 is 1.12. The SMILES string of the molecule is CC(=O)c1sc(NC2CCCN(C)C2)nc1C(=O)O. The molecule has 2 heterocycles. The molecule has 7 heteroatoms. The lowest BCUT2D eigenvalue weighted by atomic mass is 10.1. The Hall–Kier alpha value is -1.47. The van der Waals surface area contributed by atoms with E-state index in [1.165, 1.54) is 6.92 Å². The maximum absolute atomic E-state index is 11.4. The zero-order valence-electron chi connectivity index (χ0n) is 11.0. The van der Waals surface area contributed by atoms with Crippen molar-refractivity contribution in [1.29, 1.82) is 0 Å². The Morgan fingerprint density at radius 1 is 1.53 bits per heavy atom. The molecule has 6 nitrogen and oxygen atoms in total. The highest BCUT2D eigenvalue weighted by Gasteiger charge is 2.23. The van der Waals surface area contributed by atoms with Gasteiger partial charge in [-0.25, -0.2) is 9.78 Å². The third-order valence-electron chi connectivity index (χ3n) is 3.10. The molecule has 2 rings (SSSR count). The van der Waals surface area contributed by atoms with E-state index in [4.69, 9.17) is 5.11 Å². The summed E-state index contributed by atoms with van der Waals surface area (Å²) in [6.07, 6.45) is 2.13. The van der Waals surface area contributed by atoms with Gasteiger partial charge in [-0.15, -0.1) is 0 Å². The Morgan fingerprint density at radius 3 is 2.79 bits per heavy atom. The molecule has 19 heavy (non-hydrogen) atoms. The van der Waals surface area contributed by atoms with Crippen LogP contribution in [0.1, 0.15) is 39.9 Å². The number of nitrogens with one attached hydrogen (secondary N) is 1. The number of ketones is 1. The molecule has 1 aromatic rings. The standard InChI is InChI=1S/C12H17N3O3S/c1-7(16)10-9(11(17)18)14-12(19-10)13-8-4-3-5-15(2)6-8/h8H,3-6H2,1-2H3,(H,13,14)(H,17,18). The minimum absolute atomic E-state index is 0.149. The number of carboxylic acid groups (broad SMARTS) is 1. The van der Waals surface area contributed by atoms with E-state index < -0.39 is 5.97 Å².